The summed E-state index contributed by atoms with van der Waals surface area (Å²) in [5.41, 5.74) is 1.21. The van der Waals surface area contributed by atoms with E-state index in [1.165, 1.54) is 11.1 Å². The third-order valence-electron chi connectivity index (χ3n) is 7.22. The lowest BCUT2D eigenvalue weighted by Gasteiger charge is -2.33. The average molecular weight is 526 g/mol. The highest BCUT2D eigenvalue weighted by atomic mass is 16.6. The molecule has 0 N–H and O–H groups in total. The van der Waals surface area contributed by atoms with Crippen LogP contribution >= 0.6 is 0 Å². The van der Waals surface area contributed by atoms with Gasteiger partial charge >= 0.3 is 11.9 Å². The van der Waals surface area contributed by atoms with Crippen LogP contribution in [0.15, 0.2) is 54.6 Å². The molecule has 0 saturated heterocycles. The number of esters is 2. The Labute approximate surface area is 229 Å². The van der Waals surface area contributed by atoms with Crippen molar-refractivity contribution in [3.8, 4) is 0 Å². The van der Waals surface area contributed by atoms with Crippen molar-refractivity contribution in [2.75, 3.05) is 20.3 Å². The maximum absolute atomic E-state index is 13.3. The second kappa shape index (κ2) is 13.9. The molecule has 210 valence electrons. The second-order valence-electron chi connectivity index (χ2n) is 11.8. The van der Waals surface area contributed by atoms with E-state index < -0.39 is 22.4 Å². The van der Waals surface area contributed by atoms with Crippen LogP contribution in [0.1, 0.15) is 78.0 Å². The molecule has 6 nitrogen and oxygen atoms in total. The summed E-state index contributed by atoms with van der Waals surface area (Å²) in [6.07, 6.45) is 1.43. The number of ether oxygens (including phenoxy) is 3. The molecule has 0 aliphatic heterocycles. The fourth-order valence-electron chi connectivity index (χ4n) is 3.51. The summed E-state index contributed by atoms with van der Waals surface area (Å²) < 4.78 is 17.4. The fourth-order valence-corrected chi connectivity index (χ4v) is 3.51. The Bertz CT molecular complexity index is 1020. The van der Waals surface area contributed by atoms with Gasteiger partial charge in [0.25, 0.3) is 0 Å². The van der Waals surface area contributed by atoms with E-state index in [9.17, 15) is 9.59 Å². The van der Waals surface area contributed by atoms with Gasteiger partial charge in [0.1, 0.15) is 18.6 Å². The van der Waals surface area contributed by atoms with Gasteiger partial charge in [-0.25, -0.2) is 0 Å². The fraction of sp³-hybridized carbons (Fsp3) is 0.562. The van der Waals surface area contributed by atoms with Crippen LogP contribution in [-0.4, -0.2) is 42.7 Å². The molecule has 0 aliphatic carbocycles. The molecule has 0 aliphatic rings. The molecule has 2 aromatic carbocycles. The van der Waals surface area contributed by atoms with Crippen molar-refractivity contribution < 1.29 is 23.8 Å². The van der Waals surface area contributed by atoms with Gasteiger partial charge in [0.15, 0.2) is 0 Å². The van der Waals surface area contributed by atoms with E-state index in [4.69, 9.17) is 14.2 Å². The average Bonchev–Trinajstić information content (AvgIpc) is 2.90. The highest BCUT2D eigenvalue weighted by molar-refractivity contribution is 5.79. The van der Waals surface area contributed by atoms with E-state index in [1.54, 1.807) is 6.92 Å². The molecule has 0 amide bonds. The molecular formula is C32H47NO5. The molecule has 0 fully saturated rings. The van der Waals surface area contributed by atoms with Crippen LogP contribution in [0.2, 0.25) is 0 Å². The van der Waals surface area contributed by atoms with Gasteiger partial charge in [0.2, 0.25) is 0 Å². The van der Waals surface area contributed by atoms with E-state index in [0.717, 1.165) is 25.1 Å². The standard InChI is InChI=1S/C32H47NO5/c1-9-30(3,4)28(34)37-23-32(7,24-38-31(5,6)10-2)29(35)36-22-27-18-16-26(17-19-27)21-33(8)20-25-14-12-11-13-15-25/h11-19H,9-10,20-24H2,1-8H3. The van der Waals surface area contributed by atoms with Crippen LogP contribution in [0, 0.1) is 10.8 Å². The SMILES string of the molecule is CCC(C)(C)OCC(C)(COC(=O)C(C)(C)CC)C(=O)OCc1ccc(CN(C)Cc2ccccc2)cc1. The molecule has 0 heterocycles. The lowest BCUT2D eigenvalue weighted by Crippen LogP contribution is -2.43. The lowest BCUT2D eigenvalue weighted by atomic mass is 9.89. The molecule has 0 aromatic heterocycles. The smallest absolute Gasteiger partial charge is 0.317 e. The zero-order valence-corrected chi connectivity index (χ0v) is 24.6. The summed E-state index contributed by atoms with van der Waals surface area (Å²) in [5.74, 6) is -0.778. The summed E-state index contributed by atoms with van der Waals surface area (Å²) in [4.78, 5) is 28.1. The summed E-state index contributed by atoms with van der Waals surface area (Å²) in [6.45, 7) is 15.2. The Hall–Kier alpha value is -2.70. The minimum absolute atomic E-state index is 0.0964. The molecule has 2 aromatic rings. The van der Waals surface area contributed by atoms with Crippen molar-refractivity contribution in [2.24, 2.45) is 10.8 Å². The van der Waals surface area contributed by atoms with Gasteiger partial charge in [-0.05, 0) is 71.2 Å². The monoisotopic (exact) mass is 525 g/mol. The molecule has 38 heavy (non-hydrogen) atoms. The van der Waals surface area contributed by atoms with Gasteiger partial charge in [-0.3, -0.25) is 14.5 Å². The molecule has 0 radical (unpaired) electrons. The van der Waals surface area contributed by atoms with Crippen LogP contribution in [0.3, 0.4) is 0 Å². The van der Waals surface area contributed by atoms with Crippen LogP contribution < -0.4 is 0 Å². The van der Waals surface area contributed by atoms with E-state index in [1.807, 2.05) is 59.7 Å². The Morgan fingerprint density at radius 3 is 1.82 bits per heavy atom. The molecular weight excluding hydrogens is 478 g/mol. The molecule has 1 atom stereocenters. The lowest BCUT2D eigenvalue weighted by molar-refractivity contribution is -0.176. The Morgan fingerprint density at radius 1 is 0.711 bits per heavy atom. The molecule has 2 rings (SSSR count). The molecule has 0 spiro atoms. The van der Waals surface area contributed by atoms with Crippen molar-refractivity contribution in [3.63, 3.8) is 0 Å². The third kappa shape index (κ3) is 9.88. The Balaban J connectivity index is 1.99. The van der Waals surface area contributed by atoms with Crippen molar-refractivity contribution in [1.82, 2.24) is 4.90 Å². The first-order valence-electron chi connectivity index (χ1n) is 13.6. The molecule has 0 saturated carbocycles. The first kappa shape index (κ1) is 31.5. The van der Waals surface area contributed by atoms with E-state index >= 15 is 0 Å². The normalized spacial score (nSPS) is 13.7. The van der Waals surface area contributed by atoms with Crippen molar-refractivity contribution in [3.05, 3.63) is 71.3 Å². The van der Waals surface area contributed by atoms with Crippen LogP contribution in [0.5, 0.6) is 0 Å². The summed E-state index contributed by atoms with van der Waals surface area (Å²) in [7, 11) is 2.10. The zero-order valence-electron chi connectivity index (χ0n) is 24.6. The summed E-state index contributed by atoms with van der Waals surface area (Å²) >= 11 is 0. The van der Waals surface area contributed by atoms with Crippen LogP contribution in [-0.2, 0) is 43.5 Å². The first-order chi connectivity index (χ1) is 17.8. The maximum atomic E-state index is 13.3. The number of carbonyl (C=O) groups is 2. The third-order valence-corrected chi connectivity index (χ3v) is 7.22. The quantitative estimate of drug-likeness (QED) is 0.246. The predicted octanol–water partition coefficient (Wildman–Crippen LogP) is 6.55. The highest BCUT2D eigenvalue weighted by Crippen LogP contribution is 2.28. The maximum Gasteiger partial charge on any atom is 0.317 e. The zero-order chi connectivity index (χ0) is 28.4. The van der Waals surface area contributed by atoms with Gasteiger partial charge in [0, 0.05) is 13.1 Å². The summed E-state index contributed by atoms with van der Waals surface area (Å²) in [6, 6.07) is 18.5. The molecule has 0 bridgehead atoms. The van der Waals surface area contributed by atoms with Crippen molar-refractivity contribution in [2.45, 2.75) is 86.6 Å². The van der Waals surface area contributed by atoms with E-state index in [0.29, 0.717) is 6.42 Å². The van der Waals surface area contributed by atoms with Gasteiger partial charge < -0.3 is 14.2 Å². The molecule has 6 heteroatoms. The summed E-state index contributed by atoms with van der Waals surface area (Å²) in [5, 5.41) is 0. The number of hydrogen-bond donors (Lipinski definition) is 0. The Kier molecular flexibility index (Phi) is 11.5. The number of hydrogen-bond acceptors (Lipinski definition) is 6. The highest BCUT2D eigenvalue weighted by Gasteiger charge is 2.40. The molecule has 1 unspecified atom stereocenters. The number of carbonyl (C=O) groups excluding carboxylic acids is 2. The van der Waals surface area contributed by atoms with Gasteiger partial charge in [-0.2, -0.15) is 0 Å². The minimum Gasteiger partial charge on any atom is -0.464 e. The van der Waals surface area contributed by atoms with Crippen LogP contribution in [0.25, 0.3) is 0 Å². The van der Waals surface area contributed by atoms with Crippen LogP contribution in [0.4, 0.5) is 0 Å². The van der Waals surface area contributed by atoms with E-state index in [2.05, 4.69) is 48.3 Å². The van der Waals surface area contributed by atoms with E-state index in [-0.39, 0.29) is 25.8 Å². The number of benzene rings is 2. The second-order valence-corrected chi connectivity index (χ2v) is 11.8. The minimum atomic E-state index is -1.12. The van der Waals surface area contributed by atoms with Crippen molar-refractivity contribution in [1.29, 1.82) is 0 Å². The van der Waals surface area contributed by atoms with Gasteiger partial charge in [-0.15, -0.1) is 0 Å². The number of nitrogens with zero attached hydrogens (tertiary/aromatic N) is 1. The predicted molar refractivity (Wildman–Crippen MR) is 151 cm³/mol. The largest absolute Gasteiger partial charge is 0.464 e. The van der Waals surface area contributed by atoms with Gasteiger partial charge in [-0.1, -0.05) is 68.4 Å². The first-order valence-corrected chi connectivity index (χ1v) is 13.6. The van der Waals surface area contributed by atoms with Crippen molar-refractivity contribution >= 4 is 11.9 Å². The number of rotatable bonds is 15. The Morgan fingerprint density at radius 2 is 1.26 bits per heavy atom. The van der Waals surface area contributed by atoms with Gasteiger partial charge in [0.05, 0.1) is 17.6 Å². The topological polar surface area (TPSA) is 65.1 Å².